The second-order valence-corrected chi connectivity index (χ2v) is 3.92. The van der Waals surface area contributed by atoms with E-state index in [9.17, 15) is 4.79 Å². The molecule has 0 aliphatic carbocycles. The first-order valence-electron chi connectivity index (χ1n) is 5.44. The van der Waals surface area contributed by atoms with Crippen LogP contribution in [0, 0.1) is 0 Å². The maximum Gasteiger partial charge on any atom is 0.411 e. The zero-order chi connectivity index (χ0) is 11.7. The summed E-state index contributed by atoms with van der Waals surface area (Å²) < 4.78 is 9.97. The van der Waals surface area contributed by atoms with E-state index < -0.39 is 6.09 Å². The molecule has 1 aromatic heterocycles. The Kier molecular flexibility index (Phi) is 2.45. The first kappa shape index (κ1) is 10.2. The van der Waals surface area contributed by atoms with Gasteiger partial charge < -0.3 is 14.5 Å². The maximum absolute atomic E-state index is 11.5. The van der Waals surface area contributed by atoms with Crippen molar-refractivity contribution in [1.29, 1.82) is 0 Å². The predicted octanol–water partition coefficient (Wildman–Crippen LogP) is 2.12. The molecule has 1 aliphatic rings. The van der Waals surface area contributed by atoms with E-state index in [0.717, 1.165) is 16.6 Å². The van der Waals surface area contributed by atoms with Crippen molar-refractivity contribution in [3.8, 4) is 0 Å². The third kappa shape index (κ3) is 2.24. The van der Waals surface area contributed by atoms with Crippen molar-refractivity contribution < 1.29 is 14.3 Å². The van der Waals surface area contributed by atoms with E-state index in [1.807, 2.05) is 30.5 Å². The Hall–Kier alpha value is -2.01. The van der Waals surface area contributed by atoms with Crippen molar-refractivity contribution in [3.63, 3.8) is 0 Å². The highest BCUT2D eigenvalue weighted by atomic mass is 16.6. The number of carbonyl (C=O) groups is 1. The van der Waals surface area contributed by atoms with Crippen LogP contribution >= 0.6 is 0 Å². The number of anilines is 1. The number of aromatic amines is 1. The Morgan fingerprint density at radius 1 is 1.53 bits per heavy atom. The first-order valence-corrected chi connectivity index (χ1v) is 5.44. The number of rotatable bonds is 3. The zero-order valence-electron chi connectivity index (χ0n) is 9.10. The number of nitrogens with one attached hydrogen (secondary N) is 2. The first-order chi connectivity index (χ1) is 8.33. The fraction of sp³-hybridized carbons (Fsp3) is 0.250. The number of benzene rings is 1. The average molecular weight is 232 g/mol. The van der Waals surface area contributed by atoms with Gasteiger partial charge in [-0.2, -0.15) is 0 Å². The lowest BCUT2D eigenvalue weighted by Gasteiger charge is -2.06. The molecule has 2 heterocycles. The van der Waals surface area contributed by atoms with Gasteiger partial charge in [0.05, 0.1) is 12.3 Å². The Labute approximate surface area is 97.7 Å². The molecule has 1 atom stereocenters. The second kappa shape index (κ2) is 4.10. The van der Waals surface area contributed by atoms with Crippen LogP contribution in [0.25, 0.3) is 10.9 Å². The average Bonchev–Trinajstić information content (AvgIpc) is 3.03. The minimum Gasteiger partial charge on any atom is -0.446 e. The van der Waals surface area contributed by atoms with E-state index in [1.165, 1.54) is 0 Å². The van der Waals surface area contributed by atoms with Gasteiger partial charge in [0, 0.05) is 17.1 Å². The van der Waals surface area contributed by atoms with Gasteiger partial charge in [-0.15, -0.1) is 0 Å². The quantitative estimate of drug-likeness (QED) is 0.796. The molecular formula is C12H12N2O3. The van der Waals surface area contributed by atoms with Crippen LogP contribution in [0.15, 0.2) is 30.5 Å². The smallest absolute Gasteiger partial charge is 0.411 e. The zero-order valence-corrected chi connectivity index (χ0v) is 9.10. The lowest BCUT2D eigenvalue weighted by molar-refractivity contribution is 0.150. The molecule has 0 spiro atoms. The summed E-state index contributed by atoms with van der Waals surface area (Å²) in [5, 5.41) is 3.68. The van der Waals surface area contributed by atoms with Crippen molar-refractivity contribution in [2.45, 2.75) is 6.10 Å². The molecule has 1 aliphatic heterocycles. The maximum atomic E-state index is 11.5. The minimum absolute atomic E-state index is 0.0869. The van der Waals surface area contributed by atoms with Gasteiger partial charge in [-0.25, -0.2) is 4.79 Å². The highest BCUT2D eigenvalue weighted by molar-refractivity contribution is 5.98. The monoisotopic (exact) mass is 232 g/mol. The summed E-state index contributed by atoms with van der Waals surface area (Å²) in [5.41, 5.74) is 1.72. The van der Waals surface area contributed by atoms with Gasteiger partial charge in [-0.05, 0) is 18.2 Å². The molecule has 1 saturated heterocycles. The third-order valence-corrected chi connectivity index (χ3v) is 2.63. The van der Waals surface area contributed by atoms with Gasteiger partial charge in [0.2, 0.25) is 0 Å². The number of carbonyl (C=O) groups excluding carboxylic acids is 1. The molecule has 1 amide bonds. The van der Waals surface area contributed by atoms with Crippen molar-refractivity contribution in [1.82, 2.24) is 4.98 Å². The summed E-state index contributed by atoms with van der Waals surface area (Å²) in [4.78, 5) is 14.6. The third-order valence-electron chi connectivity index (χ3n) is 2.63. The van der Waals surface area contributed by atoms with E-state index >= 15 is 0 Å². The van der Waals surface area contributed by atoms with Crippen LogP contribution in [0.4, 0.5) is 10.5 Å². The SMILES string of the molecule is O=C(Nc1cccc2[nH]ccc12)OC[C@H]1CO1. The molecule has 3 rings (SSSR count). The fourth-order valence-electron chi connectivity index (χ4n) is 1.67. The summed E-state index contributed by atoms with van der Waals surface area (Å²) in [6, 6.07) is 7.57. The van der Waals surface area contributed by atoms with Crippen molar-refractivity contribution in [2.75, 3.05) is 18.5 Å². The number of hydrogen-bond donors (Lipinski definition) is 2. The number of ether oxygens (including phenoxy) is 2. The molecular weight excluding hydrogens is 220 g/mol. The number of H-pyrrole nitrogens is 1. The topological polar surface area (TPSA) is 66.7 Å². The molecule has 17 heavy (non-hydrogen) atoms. The van der Waals surface area contributed by atoms with Gasteiger partial charge in [-0.1, -0.05) is 6.07 Å². The van der Waals surface area contributed by atoms with Crippen molar-refractivity contribution in [2.24, 2.45) is 0 Å². The molecule has 2 aromatic rings. The standard InChI is InChI=1S/C12H12N2O3/c15-12(17-7-8-6-16-8)14-11-3-1-2-10-9(11)4-5-13-10/h1-5,8,13H,6-7H2,(H,14,15)/t8-/m1/s1. The second-order valence-electron chi connectivity index (χ2n) is 3.92. The molecule has 1 fully saturated rings. The van der Waals surface area contributed by atoms with Gasteiger partial charge in [-0.3, -0.25) is 5.32 Å². The Bertz CT molecular complexity index is 545. The number of hydrogen-bond acceptors (Lipinski definition) is 3. The molecule has 0 radical (unpaired) electrons. The number of aromatic nitrogens is 1. The normalized spacial score (nSPS) is 18.0. The van der Waals surface area contributed by atoms with E-state index in [1.54, 1.807) is 0 Å². The molecule has 1 aromatic carbocycles. The summed E-state index contributed by atoms with van der Waals surface area (Å²) in [7, 11) is 0. The van der Waals surface area contributed by atoms with Gasteiger partial charge in [0.15, 0.2) is 0 Å². The van der Waals surface area contributed by atoms with Crippen LogP contribution in [0.3, 0.4) is 0 Å². The van der Waals surface area contributed by atoms with Gasteiger partial charge >= 0.3 is 6.09 Å². The van der Waals surface area contributed by atoms with E-state index in [2.05, 4.69) is 10.3 Å². The number of epoxide rings is 1. The Morgan fingerprint density at radius 3 is 3.24 bits per heavy atom. The lowest BCUT2D eigenvalue weighted by Crippen LogP contribution is -2.16. The van der Waals surface area contributed by atoms with Crippen LogP contribution in [0.5, 0.6) is 0 Å². The van der Waals surface area contributed by atoms with Crippen LogP contribution in [0.1, 0.15) is 0 Å². The number of amides is 1. The van der Waals surface area contributed by atoms with Crippen molar-refractivity contribution in [3.05, 3.63) is 30.5 Å². The highest BCUT2D eigenvalue weighted by Crippen LogP contribution is 2.22. The molecule has 0 unspecified atom stereocenters. The minimum atomic E-state index is -0.450. The summed E-state index contributed by atoms with van der Waals surface area (Å²) in [6.45, 7) is 0.996. The van der Waals surface area contributed by atoms with Crippen LogP contribution < -0.4 is 5.32 Å². The Morgan fingerprint density at radius 2 is 2.41 bits per heavy atom. The molecule has 5 nitrogen and oxygen atoms in total. The molecule has 2 N–H and O–H groups in total. The van der Waals surface area contributed by atoms with Crippen LogP contribution in [-0.4, -0.2) is 30.4 Å². The number of fused-ring (bicyclic) bond motifs is 1. The van der Waals surface area contributed by atoms with Crippen molar-refractivity contribution >= 4 is 22.7 Å². The molecule has 0 bridgehead atoms. The van der Waals surface area contributed by atoms with E-state index in [-0.39, 0.29) is 6.10 Å². The largest absolute Gasteiger partial charge is 0.446 e. The van der Waals surface area contributed by atoms with E-state index in [4.69, 9.17) is 9.47 Å². The molecule has 0 saturated carbocycles. The van der Waals surface area contributed by atoms with Crippen LogP contribution in [0.2, 0.25) is 0 Å². The van der Waals surface area contributed by atoms with Crippen LogP contribution in [-0.2, 0) is 9.47 Å². The Balaban J connectivity index is 1.70. The summed E-state index contributed by atoms with van der Waals surface area (Å²) in [6.07, 6.45) is 1.47. The summed E-state index contributed by atoms with van der Waals surface area (Å²) in [5.74, 6) is 0. The highest BCUT2D eigenvalue weighted by Gasteiger charge is 2.24. The summed E-state index contributed by atoms with van der Waals surface area (Å²) >= 11 is 0. The van der Waals surface area contributed by atoms with E-state index in [0.29, 0.717) is 13.2 Å². The van der Waals surface area contributed by atoms with Gasteiger partial charge in [0.1, 0.15) is 12.7 Å². The lowest BCUT2D eigenvalue weighted by atomic mass is 10.2. The van der Waals surface area contributed by atoms with Gasteiger partial charge in [0.25, 0.3) is 0 Å². The fourth-order valence-corrected chi connectivity index (χ4v) is 1.67. The molecule has 88 valence electrons. The molecule has 5 heteroatoms. The predicted molar refractivity (Wildman–Crippen MR) is 63.0 cm³/mol.